The first kappa shape index (κ1) is 7.35. The molecule has 0 bridgehead atoms. The fraction of sp³-hybridized carbons (Fsp3) is 1.00. The molecule has 0 aliphatic heterocycles. The molecular weight excluding hydrogens is 124 g/mol. The quantitative estimate of drug-likeness (QED) is 0.396. The monoisotopic (exact) mass is 131 g/mol. The van der Waals surface area contributed by atoms with Crippen LogP contribution in [0.15, 0.2) is 0 Å². The Bertz CT molecular complexity index is 30.1. The summed E-state index contributed by atoms with van der Waals surface area (Å²) in [7, 11) is 2.94. The van der Waals surface area contributed by atoms with Gasteiger partial charge in [-0.15, -0.1) is 0 Å². The van der Waals surface area contributed by atoms with E-state index in [0.29, 0.717) is 0 Å². The standard InChI is InChI=1S/C3H7O2Si2/c1-2-3-4-7-5-6/h2-3H2,1H3. The second-order valence-electron chi connectivity index (χ2n) is 1.03. The van der Waals surface area contributed by atoms with Crippen molar-refractivity contribution in [1.29, 1.82) is 0 Å². The van der Waals surface area contributed by atoms with Crippen molar-refractivity contribution in [3.8, 4) is 0 Å². The van der Waals surface area contributed by atoms with Gasteiger partial charge >= 0.3 is 10.0 Å². The van der Waals surface area contributed by atoms with Crippen LogP contribution in [-0.2, 0) is 8.54 Å². The highest BCUT2D eigenvalue weighted by Crippen LogP contribution is 1.75. The summed E-state index contributed by atoms with van der Waals surface area (Å²) in [6, 6.07) is 0. The number of hydrogen-bond donors (Lipinski definition) is 0. The largest absolute Gasteiger partial charge is 0.435 e. The molecule has 0 rings (SSSR count). The fourth-order valence-electron chi connectivity index (χ4n) is 0.173. The molecule has 4 heteroatoms. The molecule has 0 atom stereocenters. The zero-order valence-corrected chi connectivity index (χ0v) is 6.23. The summed E-state index contributed by atoms with van der Waals surface area (Å²) < 4.78 is 9.34. The van der Waals surface area contributed by atoms with Crippen LogP contribution in [0.1, 0.15) is 13.3 Å². The molecule has 0 aromatic rings. The molecule has 5 radical (unpaired) electrons. The van der Waals surface area contributed by atoms with Gasteiger partial charge in [0.05, 0.1) is 0 Å². The molecule has 0 unspecified atom stereocenters. The first-order chi connectivity index (χ1) is 3.41. The van der Waals surface area contributed by atoms with E-state index in [9.17, 15) is 0 Å². The van der Waals surface area contributed by atoms with Crippen LogP contribution in [0.4, 0.5) is 0 Å². The van der Waals surface area contributed by atoms with Crippen LogP contribution < -0.4 is 0 Å². The van der Waals surface area contributed by atoms with Gasteiger partial charge in [-0.1, -0.05) is 6.92 Å². The van der Waals surface area contributed by atoms with E-state index < -0.39 is 0 Å². The molecule has 2 nitrogen and oxygen atoms in total. The fourth-order valence-corrected chi connectivity index (χ4v) is 0.696. The van der Waals surface area contributed by atoms with Gasteiger partial charge in [0.15, 0.2) is 0 Å². The van der Waals surface area contributed by atoms with E-state index in [1.807, 2.05) is 0 Å². The third-order valence-electron chi connectivity index (χ3n) is 0.407. The predicted octanol–water partition coefficient (Wildman–Crippen LogP) is 0.0473. The molecule has 0 spiro atoms. The average Bonchev–Trinajstić information content (AvgIpc) is 1.69. The van der Waals surface area contributed by atoms with E-state index >= 15 is 0 Å². The van der Waals surface area contributed by atoms with Gasteiger partial charge in [-0.3, -0.25) is 0 Å². The molecule has 0 amide bonds. The van der Waals surface area contributed by atoms with E-state index in [2.05, 4.69) is 21.5 Å². The van der Waals surface area contributed by atoms with Crippen molar-refractivity contribution in [3.05, 3.63) is 0 Å². The van der Waals surface area contributed by atoms with Crippen LogP contribution in [-0.4, -0.2) is 27.1 Å². The number of rotatable bonds is 4. The zero-order valence-electron chi connectivity index (χ0n) is 4.23. The molecule has 7 heavy (non-hydrogen) atoms. The summed E-state index contributed by atoms with van der Waals surface area (Å²) in [5, 5.41) is 0. The van der Waals surface area contributed by atoms with Crippen molar-refractivity contribution in [2.75, 3.05) is 6.61 Å². The summed E-state index contributed by atoms with van der Waals surface area (Å²) in [4.78, 5) is 0. The van der Waals surface area contributed by atoms with E-state index in [-0.39, 0.29) is 10.0 Å². The summed E-state index contributed by atoms with van der Waals surface area (Å²) in [5.74, 6) is 0. The summed E-state index contributed by atoms with van der Waals surface area (Å²) in [5.41, 5.74) is 0. The molecule has 0 heterocycles. The van der Waals surface area contributed by atoms with E-state index in [1.165, 1.54) is 0 Å². The lowest BCUT2D eigenvalue weighted by Gasteiger charge is -1.93. The van der Waals surface area contributed by atoms with Crippen LogP contribution in [0.25, 0.3) is 0 Å². The predicted molar refractivity (Wildman–Crippen MR) is 28.8 cm³/mol. The maximum Gasteiger partial charge on any atom is 0.421 e. The van der Waals surface area contributed by atoms with Crippen molar-refractivity contribution in [2.24, 2.45) is 0 Å². The van der Waals surface area contributed by atoms with Crippen molar-refractivity contribution in [3.63, 3.8) is 0 Å². The minimum absolute atomic E-state index is 0.135. The van der Waals surface area contributed by atoms with Gasteiger partial charge in [-0.25, -0.2) is 0 Å². The molecule has 0 aliphatic carbocycles. The lowest BCUT2D eigenvalue weighted by molar-refractivity contribution is 0.294. The van der Waals surface area contributed by atoms with E-state index in [4.69, 9.17) is 4.43 Å². The van der Waals surface area contributed by atoms with Crippen LogP contribution in [0.3, 0.4) is 0 Å². The molecule has 0 saturated heterocycles. The van der Waals surface area contributed by atoms with Gasteiger partial charge in [-0.2, -0.15) is 0 Å². The Morgan fingerprint density at radius 3 is 2.86 bits per heavy atom. The van der Waals surface area contributed by atoms with Crippen molar-refractivity contribution in [2.45, 2.75) is 13.3 Å². The molecular formula is C3H7O2Si2. The van der Waals surface area contributed by atoms with Gasteiger partial charge in [0.25, 0.3) is 0 Å². The minimum atomic E-state index is 0.135. The van der Waals surface area contributed by atoms with Gasteiger partial charge in [-0.05, 0) is 6.42 Å². The van der Waals surface area contributed by atoms with E-state index in [1.54, 1.807) is 0 Å². The lowest BCUT2D eigenvalue weighted by Crippen LogP contribution is -2.01. The van der Waals surface area contributed by atoms with Gasteiger partial charge < -0.3 is 8.54 Å². The minimum Gasteiger partial charge on any atom is -0.435 e. The Hall–Kier alpha value is 0.354. The molecule has 0 aliphatic rings. The van der Waals surface area contributed by atoms with Crippen molar-refractivity contribution >= 4 is 20.5 Å². The molecule has 0 fully saturated rings. The third kappa shape index (κ3) is 6.35. The molecule has 0 saturated carbocycles. The second-order valence-corrected chi connectivity index (χ2v) is 2.31. The summed E-state index contributed by atoms with van der Waals surface area (Å²) in [6.07, 6.45) is 1.04. The molecule has 0 N–H and O–H groups in total. The molecule has 0 aromatic heterocycles. The highest BCUT2D eigenvalue weighted by molar-refractivity contribution is 6.27. The Kier molecular flexibility index (Phi) is 6.67. The Morgan fingerprint density at radius 2 is 2.43 bits per heavy atom. The van der Waals surface area contributed by atoms with Crippen LogP contribution in [0.2, 0.25) is 0 Å². The molecule has 0 aromatic carbocycles. The SMILES string of the molecule is CCCO[Si]O[Si]. The smallest absolute Gasteiger partial charge is 0.421 e. The summed E-state index contributed by atoms with van der Waals surface area (Å²) >= 11 is 0. The highest BCUT2D eigenvalue weighted by Gasteiger charge is 1.83. The maximum absolute atomic E-state index is 4.89. The zero-order chi connectivity index (χ0) is 5.54. The Balaban J connectivity index is 2.45. The second kappa shape index (κ2) is 6.35. The summed E-state index contributed by atoms with van der Waals surface area (Å²) in [6.45, 7) is 2.83. The molecule has 39 valence electrons. The first-order valence-electron chi connectivity index (χ1n) is 2.11. The normalized spacial score (nSPS) is 9.43. The van der Waals surface area contributed by atoms with Crippen LogP contribution in [0.5, 0.6) is 0 Å². The van der Waals surface area contributed by atoms with Gasteiger partial charge in [0.1, 0.15) is 0 Å². The first-order valence-corrected chi connectivity index (χ1v) is 3.33. The topological polar surface area (TPSA) is 18.5 Å². The van der Waals surface area contributed by atoms with Gasteiger partial charge in [0, 0.05) is 6.61 Å². The average molecular weight is 131 g/mol. The van der Waals surface area contributed by atoms with Gasteiger partial charge in [0.2, 0.25) is 10.5 Å². The maximum atomic E-state index is 4.89. The number of hydrogen-bond acceptors (Lipinski definition) is 2. The van der Waals surface area contributed by atoms with Crippen molar-refractivity contribution in [1.82, 2.24) is 0 Å². The van der Waals surface area contributed by atoms with Crippen LogP contribution in [0, 0.1) is 0 Å². The highest BCUT2D eigenvalue weighted by atomic mass is 28.3. The van der Waals surface area contributed by atoms with Crippen molar-refractivity contribution < 1.29 is 8.54 Å². The van der Waals surface area contributed by atoms with Crippen LogP contribution >= 0.6 is 0 Å². The lowest BCUT2D eigenvalue weighted by atomic mass is 10.5. The Labute approximate surface area is 49.8 Å². The third-order valence-corrected chi connectivity index (χ3v) is 1.06. The Morgan fingerprint density at radius 1 is 1.71 bits per heavy atom. The van der Waals surface area contributed by atoms with E-state index in [0.717, 1.165) is 13.0 Å².